The number of carbonyl (C=O) groups is 1. The molecule has 0 aromatic heterocycles. The molecule has 1 aromatic carbocycles. The average molecular weight is 364 g/mol. The number of nitrogens with one attached hydrogen (secondary N) is 2. The number of halogens is 1. The third-order valence-corrected chi connectivity index (χ3v) is 5.18. The van der Waals surface area contributed by atoms with E-state index in [4.69, 9.17) is 10.5 Å². The van der Waals surface area contributed by atoms with E-state index in [0.717, 1.165) is 19.4 Å². The maximum Gasteiger partial charge on any atom is 0.248 e. The number of amides is 1. The number of ether oxygens (including phenoxy) is 1. The van der Waals surface area contributed by atoms with E-state index in [2.05, 4.69) is 10.0 Å². The Hall–Kier alpha value is -1.19. The summed E-state index contributed by atoms with van der Waals surface area (Å²) in [7, 11) is -2.12. The van der Waals surface area contributed by atoms with Crippen LogP contribution < -0.4 is 15.8 Å². The number of methoxy groups -OCH3 is 1. The molecule has 9 heteroatoms. The molecule has 1 aliphatic rings. The first kappa shape index (κ1) is 19.9. The smallest absolute Gasteiger partial charge is 0.248 e. The van der Waals surface area contributed by atoms with Gasteiger partial charge in [0.1, 0.15) is 0 Å². The van der Waals surface area contributed by atoms with Gasteiger partial charge < -0.3 is 15.8 Å². The number of benzene rings is 1. The van der Waals surface area contributed by atoms with Crippen molar-refractivity contribution in [2.24, 2.45) is 5.73 Å². The van der Waals surface area contributed by atoms with E-state index in [-0.39, 0.29) is 34.9 Å². The zero-order valence-corrected chi connectivity index (χ0v) is 14.5. The summed E-state index contributed by atoms with van der Waals surface area (Å²) in [5, 5.41) is 3.30. The van der Waals surface area contributed by atoms with Gasteiger partial charge in [0.2, 0.25) is 15.9 Å². The van der Waals surface area contributed by atoms with E-state index in [1.165, 1.54) is 24.3 Å². The van der Waals surface area contributed by atoms with Gasteiger partial charge in [-0.25, -0.2) is 13.1 Å². The third kappa shape index (κ3) is 4.89. The summed E-state index contributed by atoms with van der Waals surface area (Å²) in [5.74, 6) is -0.662. The molecule has 4 N–H and O–H groups in total. The van der Waals surface area contributed by atoms with Crippen LogP contribution in [0.4, 0.5) is 0 Å². The number of carbonyl (C=O) groups excluding carboxylic acids is 1. The Morgan fingerprint density at radius 1 is 1.48 bits per heavy atom. The van der Waals surface area contributed by atoms with E-state index in [0.29, 0.717) is 6.61 Å². The summed E-state index contributed by atoms with van der Waals surface area (Å²) < 4.78 is 32.5. The highest BCUT2D eigenvalue weighted by Gasteiger charge is 2.34. The van der Waals surface area contributed by atoms with Gasteiger partial charge >= 0.3 is 0 Å². The van der Waals surface area contributed by atoms with Crippen molar-refractivity contribution < 1.29 is 17.9 Å². The molecule has 1 fully saturated rings. The molecule has 2 rings (SSSR count). The summed E-state index contributed by atoms with van der Waals surface area (Å²) in [6, 6.07) is 5.68. The zero-order chi connectivity index (χ0) is 16.2. The van der Waals surface area contributed by atoms with Crippen LogP contribution in [0.5, 0.6) is 0 Å². The van der Waals surface area contributed by atoms with E-state index >= 15 is 0 Å². The first-order valence-electron chi connectivity index (χ1n) is 7.02. The molecular formula is C14H22ClN3O4S. The highest BCUT2D eigenvalue weighted by molar-refractivity contribution is 7.89. The first-order valence-corrected chi connectivity index (χ1v) is 8.50. The number of nitrogens with two attached hydrogens (primary N) is 1. The van der Waals surface area contributed by atoms with E-state index < -0.39 is 15.9 Å². The standard InChI is InChI=1S/C14H21N3O4S.ClH/c1-21-10-14(6-3-7-16-14)9-17-22(19,20)12-5-2-4-11(8-12)13(15)18;/h2,4-5,8,16-17H,3,6-7,9-10H2,1H3,(H2,15,18);1H. The number of primary amides is 1. The lowest BCUT2D eigenvalue weighted by atomic mass is 9.99. The van der Waals surface area contributed by atoms with Crippen LogP contribution in [-0.2, 0) is 14.8 Å². The topological polar surface area (TPSA) is 111 Å². The van der Waals surface area contributed by atoms with Gasteiger partial charge in [-0.15, -0.1) is 12.4 Å². The highest BCUT2D eigenvalue weighted by atomic mass is 35.5. The van der Waals surface area contributed by atoms with Crippen molar-refractivity contribution in [2.75, 3.05) is 26.8 Å². The molecule has 130 valence electrons. The zero-order valence-electron chi connectivity index (χ0n) is 12.9. The lowest BCUT2D eigenvalue weighted by Gasteiger charge is -2.28. The molecule has 1 aliphatic heterocycles. The SMILES string of the molecule is COCC1(CNS(=O)(=O)c2cccc(C(N)=O)c2)CCCN1.Cl. The lowest BCUT2D eigenvalue weighted by molar-refractivity contribution is 0.1000. The molecule has 0 aliphatic carbocycles. The third-order valence-electron chi connectivity index (χ3n) is 3.78. The Balaban J connectivity index is 0.00000264. The van der Waals surface area contributed by atoms with Gasteiger partial charge in [0.25, 0.3) is 0 Å². The Morgan fingerprint density at radius 2 is 2.22 bits per heavy atom. The van der Waals surface area contributed by atoms with Crippen LogP contribution in [0.15, 0.2) is 29.2 Å². The Labute approximate surface area is 142 Å². The fourth-order valence-electron chi connectivity index (χ4n) is 2.60. The second-order valence-corrected chi connectivity index (χ2v) is 7.23. The molecule has 1 unspecified atom stereocenters. The van der Waals surface area contributed by atoms with E-state index in [1.54, 1.807) is 7.11 Å². The van der Waals surface area contributed by atoms with Crippen molar-refractivity contribution in [2.45, 2.75) is 23.3 Å². The summed E-state index contributed by atoms with van der Waals surface area (Å²) in [4.78, 5) is 11.2. The maximum absolute atomic E-state index is 12.4. The van der Waals surface area contributed by atoms with Gasteiger partial charge in [-0.3, -0.25) is 4.79 Å². The van der Waals surface area contributed by atoms with Gasteiger partial charge in [0.15, 0.2) is 0 Å². The average Bonchev–Trinajstić information content (AvgIpc) is 2.95. The molecule has 0 radical (unpaired) electrons. The normalized spacial score (nSPS) is 20.9. The molecule has 1 aromatic rings. The summed E-state index contributed by atoms with van der Waals surface area (Å²) in [5.41, 5.74) is 4.95. The van der Waals surface area contributed by atoms with Crippen LogP contribution in [0.2, 0.25) is 0 Å². The number of sulfonamides is 1. The predicted octanol–water partition coefficient (Wildman–Crippen LogP) is 0.254. The fraction of sp³-hybridized carbons (Fsp3) is 0.500. The second kappa shape index (κ2) is 8.07. The molecule has 0 bridgehead atoms. The molecule has 1 saturated heterocycles. The van der Waals surface area contributed by atoms with E-state index in [1.807, 2.05) is 0 Å². The van der Waals surface area contributed by atoms with Gasteiger partial charge in [-0.2, -0.15) is 0 Å². The number of hydrogen-bond acceptors (Lipinski definition) is 5. The van der Waals surface area contributed by atoms with Crippen LogP contribution in [0.25, 0.3) is 0 Å². The van der Waals surface area contributed by atoms with Crippen molar-refractivity contribution in [3.05, 3.63) is 29.8 Å². The molecule has 23 heavy (non-hydrogen) atoms. The minimum absolute atomic E-state index is 0. The van der Waals surface area contributed by atoms with Crippen LogP contribution >= 0.6 is 12.4 Å². The Bertz CT molecular complexity index is 645. The molecule has 0 saturated carbocycles. The molecular weight excluding hydrogens is 342 g/mol. The molecule has 1 atom stereocenters. The largest absolute Gasteiger partial charge is 0.383 e. The second-order valence-electron chi connectivity index (χ2n) is 5.46. The Kier molecular flexibility index (Phi) is 6.97. The molecule has 1 heterocycles. The monoisotopic (exact) mass is 363 g/mol. The van der Waals surface area contributed by atoms with Gasteiger partial charge in [0, 0.05) is 19.2 Å². The van der Waals surface area contributed by atoms with Gasteiger partial charge in [-0.1, -0.05) is 6.07 Å². The number of hydrogen-bond donors (Lipinski definition) is 3. The minimum Gasteiger partial charge on any atom is -0.383 e. The maximum atomic E-state index is 12.4. The molecule has 0 spiro atoms. The van der Waals surface area contributed by atoms with Crippen LogP contribution in [0, 0.1) is 0 Å². The highest BCUT2D eigenvalue weighted by Crippen LogP contribution is 2.20. The van der Waals surface area contributed by atoms with Crippen molar-refractivity contribution in [3.8, 4) is 0 Å². The summed E-state index contributed by atoms with van der Waals surface area (Å²) in [6.45, 7) is 1.49. The predicted molar refractivity (Wildman–Crippen MR) is 89.2 cm³/mol. The van der Waals surface area contributed by atoms with Crippen molar-refractivity contribution >= 4 is 28.3 Å². The van der Waals surface area contributed by atoms with Crippen molar-refractivity contribution in [3.63, 3.8) is 0 Å². The van der Waals surface area contributed by atoms with Gasteiger partial charge in [0.05, 0.1) is 17.0 Å². The van der Waals surface area contributed by atoms with Crippen LogP contribution in [-0.4, -0.2) is 46.7 Å². The van der Waals surface area contributed by atoms with Crippen molar-refractivity contribution in [1.82, 2.24) is 10.0 Å². The fourth-order valence-corrected chi connectivity index (χ4v) is 3.78. The van der Waals surface area contributed by atoms with Crippen LogP contribution in [0.1, 0.15) is 23.2 Å². The van der Waals surface area contributed by atoms with Gasteiger partial charge in [-0.05, 0) is 37.6 Å². The minimum atomic E-state index is -3.71. The molecule has 1 amide bonds. The van der Waals surface area contributed by atoms with E-state index in [9.17, 15) is 13.2 Å². The summed E-state index contributed by atoms with van der Waals surface area (Å²) in [6.07, 6.45) is 1.81. The number of rotatable bonds is 7. The first-order chi connectivity index (χ1) is 10.4. The quantitative estimate of drug-likeness (QED) is 0.643. The molecule has 7 nitrogen and oxygen atoms in total. The summed E-state index contributed by atoms with van der Waals surface area (Å²) >= 11 is 0. The Morgan fingerprint density at radius 3 is 2.78 bits per heavy atom. The lowest BCUT2D eigenvalue weighted by Crippen LogP contribution is -2.52. The van der Waals surface area contributed by atoms with Crippen molar-refractivity contribution in [1.29, 1.82) is 0 Å². The van der Waals surface area contributed by atoms with Crippen LogP contribution in [0.3, 0.4) is 0 Å².